The Bertz CT molecular complexity index is 471. The van der Waals surface area contributed by atoms with Gasteiger partial charge in [0.1, 0.15) is 5.75 Å². The molecule has 3 nitrogen and oxygen atoms in total. The maximum Gasteiger partial charge on any atom is 0.387 e. The van der Waals surface area contributed by atoms with Crippen molar-refractivity contribution in [3.63, 3.8) is 0 Å². The number of carbonyl (C=O) groups is 1. The van der Waals surface area contributed by atoms with Crippen LogP contribution in [0.4, 0.5) is 8.78 Å². The number of hydrogen-bond donors (Lipinski definition) is 0. The summed E-state index contributed by atoms with van der Waals surface area (Å²) in [5, 5.41) is 0. The van der Waals surface area contributed by atoms with Crippen molar-refractivity contribution >= 4 is 5.91 Å². The zero-order valence-corrected chi connectivity index (χ0v) is 12.2. The molecule has 1 amide bonds. The van der Waals surface area contributed by atoms with Gasteiger partial charge in [-0.1, -0.05) is 37.8 Å². The summed E-state index contributed by atoms with van der Waals surface area (Å²) in [6.07, 6.45) is 6.56. The second-order valence-electron chi connectivity index (χ2n) is 5.44. The molecule has 1 aliphatic carbocycles. The molecule has 0 heterocycles. The molecule has 0 N–H and O–H groups in total. The molecule has 0 saturated heterocycles. The Labute approximate surface area is 123 Å². The molecule has 0 aliphatic heterocycles. The van der Waals surface area contributed by atoms with Crippen LogP contribution in [-0.2, 0) is 0 Å². The molecule has 1 fully saturated rings. The monoisotopic (exact) mass is 297 g/mol. The molecule has 0 atom stereocenters. The lowest BCUT2D eigenvalue weighted by atomic mass is 10.1. The molecule has 0 unspecified atom stereocenters. The van der Waals surface area contributed by atoms with Gasteiger partial charge in [0.25, 0.3) is 5.91 Å². The molecule has 0 bridgehead atoms. The quantitative estimate of drug-likeness (QED) is 0.784. The second kappa shape index (κ2) is 7.38. The molecule has 116 valence electrons. The second-order valence-corrected chi connectivity index (χ2v) is 5.44. The molecule has 0 aromatic heterocycles. The first-order chi connectivity index (χ1) is 10.1. The number of benzene rings is 1. The van der Waals surface area contributed by atoms with Crippen LogP contribution in [0.25, 0.3) is 0 Å². The Kier molecular flexibility index (Phi) is 5.53. The minimum absolute atomic E-state index is 0.0574. The van der Waals surface area contributed by atoms with Gasteiger partial charge in [-0.15, -0.1) is 0 Å². The first kappa shape index (κ1) is 15.7. The highest BCUT2D eigenvalue weighted by Crippen LogP contribution is 2.26. The molecule has 21 heavy (non-hydrogen) atoms. The lowest BCUT2D eigenvalue weighted by molar-refractivity contribution is -0.0503. The highest BCUT2D eigenvalue weighted by Gasteiger charge is 2.24. The van der Waals surface area contributed by atoms with Crippen molar-refractivity contribution in [1.29, 1.82) is 0 Å². The normalized spacial score (nSPS) is 16.6. The van der Waals surface area contributed by atoms with Crippen molar-refractivity contribution in [2.45, 2.75) is 51.2 Å². The van der Waals surface area contributed by atoms with E-state index in [1.165, 1.54) is 25.0 Å². The zero-order valence-electron chi connectivity index (χ0n) is 12.2. The summed E-state index contributed by atoms with van der Waals surface area (Å²) in [6, 6.07) is 6.36. The predicted molar refractivity (Wildman–Crippen MR) is 76.7 cm³/mol. The van der Waals surface area contributed by atoms with Crippen LogP contribution in [0.15, 0.2) is 24.3 Å². The van der Waals surface area contributed by atoms with Gasteiger partial charge in [-0.3, -0.25) is 4.79 Å². The third-order valence-electron chi connectivity index (χ3n) is 4.03. The Morgan fingerprint density at radius 3 is 2.43 bits per heavy atom. The highest BCUT2D eigenvalue weighted by molar-refractivity contribution is 5.97. The summed E-state index contributed by atoms with van der Waals surface area (Å²) in [5.41, 5.74) is 0.199. The summed E-state index contributed by atoms with van der Waals surface area (Å²) in [4.78, 5) is 14.2. The first-order valence-electron chi connectivity index (χ1n) is 7.40. The van der Waals surface area contributed by atoms with E-state index >= 15 is 0 Å². The van der Waals surface area contributed by atoms with Crippen molar-refractivity contribution < 1.29 is 18.3 Å². The fourth-order valence-electron chi connectivity index (χ4n) is 2.84. The van der Waals surface area contributed by atoms with Crippen LogP contribution >= 0.6 is 0 Å². The molecule has 2 rings (SSSR count). The van der Waals surface area contributed by atoms with E-state index in [1.54, 1.807) is 24.1 Å². The predicted octanol–water partition coefficient (Wildman–Crippen LogP) is 4.08. The van der Waals surface area contributed by atoms with Gasteiger partial charge in [0.15, 0.2) is 0 Å². The van der Waals surface area contributed by atoms with E-state index in [4.69, 9.17) is 0 Å². The number of amides is 1. The van der Waals surface area contributed by atoms with Gasteiger partial charge in [0, 0.05) is 13.1 Å². The SMILES string of the molecule is CN(C(=O)c1ccccc1OC(F)F)C1CCCCCC1. The Morgan fingerprint density at radius 2 is 1.81 bits per heavy atom. The maximum atomic E-state index is 12.6. The minimum Gasteiger partial charge on any atom is -0.434 e. The topological polar surface area (TPSA) is 29.5 Å². The molecule has 5 heteroatoms. The average Bonchev–Trinajstić information content (AvgIpc) is 2.75. The molecule has 1 aliphatic rings. The Balaban J connectivity index is 2.14. The number of hydrogen-bond acceptors (Lipinski definition) is 2. The van der Waals surface area contributed by atoms with Crippen molar-refractivity contribution in [3.05, 3.63) is 29.8 Å². The van der Waals surface area contributed by atoms with Crippen LogP contribution in [-0.4, -0.2) is 30.5 Å². The van der Waals surface area contributed by atoms with E-state index < -0.39 is 6.61 Å². The van der Waals surface area contributed by atoms with Crippen LogP contribution in [0.2, 0.25) is 0 Å². The van der Waals surface area contributed by atoms with E-state index in [2.05, 4.69) is 4.74 Å². The number of rotatable bonds is 4. The van der Waals surface area contributed by atoms with Gasteiger partial charge >= 0.3 is 6.61 Å². The molecule has 1 aromatic carbocycles. The van der Waals surface area contributed by atoms with E-state index in [0.29, 0.717) is 0 Å². The third-order valence-corrected chi connectivity index (χ3v) is 4.03. The summed E-state index contributed by atoms with van der Waals surface area (Å²) >= 11 is 0. The fourth-order valence-corrected chi connectivity index (χ4v) is 2.84. The average molecular weight is 297 g/mol. The smallest absolute Gasteiger partial charge is 0.387 e. The maximum absolute atomic E-state index is 12.6. The lowest BCUT2D eigenvalue weighted by Gasteiger charge is -2.28. The largest absolute Gasteiger partial charge is 0.434 e. The summed E-state index contributed by atoms with van der Waals surface area (Å²) in [6.45, 7) is -2.93. The van der Waals surface area contributed by atoms with Gasteiger partial charge in [-0.2, -0.15) is 8.78 Å². The van der Waals surface area contributed by atoms with E-state index in [-0.39, 0.29) is 23.3 Å². The summed E-state index contributed by atoms with van der Waals surface area (Å²) in [5.74, 6) is -0.309. The standard InChI is InChI=1S/C16H21F2NO2/c1-19(12-8-4-2-3-5-9-12)15(20)13-10-6-7-11-14(13)21-16(17)18/h6-7,10-12,16H,2-5,8-9H2,1H3. The van der Waals surface area contributed by atoms with Crippen LogP contribution in [0.3, 0.4) is 0 Å². The number of alkyl halides is 2. The van der Waals surface area contributed by atoms with Crippen LogP contribution in [0.5, 0.6) is 5.75 Å². The Morgan fingerprint density at radius 1 is 1.19 bits per heavy atom. The van der Waals surface area contributed by atoms with Crippen molar-refractivity contribution in [1.82, 2.24) is 4.90 Å². The molecular formula is C16H21F2NO2. The van der Waals surface area contributed by atoms with E-state index in [0.717, 1.165) is 25.7 Å². The number of nitrogens with zero attached hydrogens (tertiary/aromatic N) is 1. The van der Waals surface area contributed by atoms with Gasteiger partial charge < -0.3 is 9.64 Å². The number of ether oxygens (including phenoxy) is 1. The Hall–Kier alpha value is -1.65. The minimum atomic E-state index is -2.93. The summed E-state index contributed by atoms with van der Waals surface area (Å²) in [7, 11) is 1.75. The first-order valence-corrected chi connectivity index (χ1v) is 7.40. The molecular weight excluding hydrogens is 276 g/mol. The lowest BCUT2D eigenvalue weighted by Crippen LogP contribution is -2.37. The fraction of sp³-hybridized carbons (Fsp3) is 0.562. The van der Waals surface area contributed by atoms with Crippen LogP contribution in [0.1, 0.15) is 48.9 Å². The number of carbonyl (C=O) groups excluding carboxylic acids is 1. The number of halogens is 2. The van der Waals surface area contributed by atoms with Crippen molar-refractivity contribution in [3.8, 4) is 5.75 Å². The van der Waals surface area contributed by atoms with E-state index in [1.807, 2.05) is 0 Å². The molecule has 0 radical (unpaired) electrons. The number of para-hydroxylation sites is 1. The molecule has 1 saturated carbocycles. The van der Waals surface area contributed by atoms with Crippen molar-refractivity contribution in [2.24, 2.45) is 0 Å². The van der Waals surface area contributed by atoms with E-state index in [9.17, 15) is 13.6 Å². The highest BCUT2D eigenvalue weighted by atomic mass is 19.3. The zero-order chi connectivity index (χ0) is 15.2. The van der Waals surface area contributed by atoms with Gasteiger partial charge in [-0.25, -0.2) is 0 Å². The van der Waals surface area contributed by atoms with Crippen LogP contribution in [0, 0.1) is 0 Å². The van der Waals surface area contributed by atoms with Gasteiger partial charge in [-0.05, 0) is 25.0 Å². The summed E-state index contributed by atoms with van der Waals surface area (Å²) < 4.78 is 29.3. The third kappa shape index (κ3) is 4.16. The molecule has 0 spiro atoms. The van der Waals surface area contributed by atoms with Crippen LogP contribution < -0.4 is 4.74 Å². The van der Waals surface area contributed by atoms with Crippen molar-refractivity contribution in [2.75, 3.05) is 7.05 Å². The van der Waals surface area contributed by atoms with Gasteiger partial charge in [0.05, 0.1) is 5.56 Å². The molecule has 1 aromatic rings. The van der Waals surface area contributed by atoms with Gasteiger partial charge in [0.2, 0.25) is 0 Å².